The molecule has 0 radical (unpaired) electrons. The van der Waals surface area contributed by atoms with E-state index in [0.29, 0.717) is 18.8 Å². The third-order valence-electron chi connectivity index (χ3n) is 3.86. The lowest BCUT2D eigenvalue weighted by Crippen LogP contribution is -2.48. The number of piperidine rings is 1. The molecule has 0 N–H and O–H groups in total. The van der Waals surface area contributed by atoms with Crippen LogP contribution in [0.25, 0.3) is 0 Å². The van der Waals surface area contributed by atoms with E-state index in [9.17, 15) is 9.18 Å². The van der Waals surface area contributed by atoms with Crippen LogP contribution in [0, 0.1) is 5.82 Å². The van der Waals surface area contributed by atoms with E-state index in [0.717, 1.165) is 25.9 Å². The van der Waals surface area contributed by atoms with Crippen molar-refractivity contribution in [1.82, 2.24) is 9.80 Å². The number of carbonyl (C=O) groups excluding carboxylic acids is 1. The van der Waals surface area contributed by atoms with Crippen LogP contribution < -0.4 is 4.74 Å². The number of benzene rings is 1. The van der Waals surface area contributed by atoms with Crippen LogP contribution in [-0.2, 0) is 0 Å². The van der Waals surface area contributed by atoms with Gasteiger partial charge in [-0.15, -0.1) is 0 Å². The van der Waals surface area contributed by atoms with Gasteiger partial charge in [0.15, 0.2) is 0 Å². The lowest BCUT2D eigenvalue weighted by Gasteiger charge is -2.35. The van der Waals surface area contributed by atoms with E-state index in [1.54, 1.807) is 12.1 Å². The molecule has 21 heavy (non-hydrogen) atoms. The maximum Gasteiger partial charge on any atom is 0.319 e. The van der Waals surface area contributed by atoms with Crippen molar-refractivity contribution >= 4 is 6.03 Å². The number of likely N-dealkylation sites (tertiary alicyclic amines) is 1. The number of nitrogens with zero attached hydrogens (tertiary/aromatic N) is 2. The Bertz CT molecular complexity index is 452. The fourth-order valence-corrected chi connectivity index (χ4v) is 2.56. The van der Waals surface area contributed by atoms with Crippen molar-refractivity contribution < 1.29 is 13.9 Å². The molecule has 0 bridgehead atoms. The van der Waals surface area contributed by atoms with Gasteiger partial charge in [0.05, 0.1) is 0 Å². The van der Waals surface area contributed by atoms with Gasteiger partial charge in [-0.25, -0.2) is 9.18 Å². The van der Waals surface area contributed by atoms with Gasteiger partial charge in [0, 0.05) is 39.0 Å². The van der Waals surface area contributed by atoms with E-state index in [1.807, 2.05) is 23.6 Å². The second kappa shape index (κ2) is 7.29. The van der Waals surface area contributed by atoms with Crippen molar-refractivity contribution in [1.29, 1.82) is 0 Å². The van der Waals surface area contributed by atoms with Crippen LogP contribution in [0.4, 0.5) is 9.18 Å². The minimum atomic E-state index is -0.262. The van der Waals surface area contributed by atoms with Crippen LogP contribution in [0.3, 0.4) is 0 Å². The summed E-state index contributed by atoms with van der Waals surface area (Å²) in [6.07, 6.45) is 1.71. The Morgan fingerprint density at radius 1 is 1.24 bits per heavy atom. The first-order chi connectivity index (χ1) is 10.1. The molecule has 4 nitrogen and oxygen atoms in total. The summed E-state index contributed by atoms with van der Waals surface area (Å²) in [6.45, 7) is 6.88. The molecule has 0 saturated carbocycles. The largest absolute Gasteiger partial charge is 0.490 e. The molecule has 2 rings (SSSR count). The molecular formula is C16H23FN2O2. The first-order valence-corrected chi connectivity index (χ1v) is 7.60. The minimum Gasteiger partial charge on any atom is -0.490 e. The molecule has 0 spiro atoms. The lowest BCUT2D eigenvalue weighted by molar-refractivity contribution is 0.0963. The monoisotopic (exact) mass is 294 g/mol. The summed E-state index contributed by atoms with van der Waals surface area (Å²) in [5.74, 6) is 0.423. The zero-order chi connectivity index (χ0) is 15.2. The summed E-state index contributed by atoms with van der Waals surface area (Å²) in [7, 11) is 0. The normalized spacial score (nSPS) is 15.9. The predicted molar refractivity (Wildman–Crippen MR) is 79.9 cm³/mol. The number of carbonyl (C=O) groups is 1. The van der Waals surface area contributed by atoms with Crippen LogP contribution in [-0.4, -0.2) is 48.1 Å². The third kappa shape index (κ3) is 4.09. The zero-order valence-electron chi connectivity index (χ0n) is 12.7. The minimum absolute atomic E-state index is 0.0937. The van der Waals surface area contributed by atoms with Gasteiger partial charge in [-0.05, 0) is 38.1 Å². The van der Waals surface area contributed by atoms with E-state index in [1.165, 1.54) is 12.1 Å². The van der Waals surface area contributed by atoms with E-state index in [4.69, 9.17) is 4.74 Å². The van der Waals surface area contributed by atoms with E-state index in [-0.39, 0.29) is 18.0 Å². The van der Waals surface area contributed by atoms with E-state index < -0.39 is 0 Å². The van der Waals surface area contributed by atoms with Crippen molar-refractivity contribution in [3.63, 3.8) is 0 Å². The van der Waals surface area contributed by atoms with Gasteiger partial charge in [0.1, 0.15) is 17.7 Å². The first-order valence-electron chi connectivity index (χ1n) is 7.60. The Morgan fingerprint density at radius 3 is 2.33 bits per heavy atom. The van der Waals surface area contributed by atoms with E-state index >= 15 is 0 Å². The number of hydrogen-bond donors (Lipinski definition) is 0. The first kappa shape index (κ1) is 15.6. The molecule has 0 aromatic heterocycles. The number of rotatable bonds is 4. The van der Waals surface area contributed by atoms with Gasteiger partial charge in [-0.2, -0.15) is 0 Å². The van der Waals surface area contributed by atoms with E-state index in [2.05, 4.69) is 0 Å². The molecule has 5 heteroatoms. The van der Waals surface area contributed by atoms with Crippen molar-refractivity contribution in [2.75, 3.05) is 26.2 Å². The molecule has 1 aliphatic rings. The Morgan fingerprint density at radius 2 is 1.81 bits per heavy atom. The number of ether oxygens (including phenoxy) is 1. The summed E-state index contributed by atoms with van der Waals surface area (Å²) in [5.41, 5.74) is 0. The average Bonchev–Trinajstić information content (AvgIpc) is 2.51. The fraction of sp³-hybridized carbons (Fsp3) is 0.562. The molecule has 1 fully saturated rings. The SMILES string of the molecule is CCN(CC)C(=O)N1CCC(Oc2ccc(F)cc2)CC1. The Kier molecular flexibility index (Phi) is 5.42. The fourth-order valence-electron chi connectivity index (χ4n) is 2.56. The Labute approximate surface area is 125 Å². The van der Waals surface area contributed by atoms with Crippen LogP contribution in [0.2, 0.25) is 0 Å². The molecule has 1 aromatic carbocycles. The van der Waals surface area contributed by atoms with Crippen LogP contribution in [0.15, 0.2) is 24.3 Å². The Balaban J connectivity index is 1.83. The van der Waals surface area contributed by atoms with Crippen molar-refractivity contribution in [2.45, 2.75) is 32.8 Å². The van der Waals surface area contributed by atoms with Gasteiger partial charge >= 0.3 is 6.03 Å². The highest BCUT2D eigenvalue weighted by Gasteiger charge is 2.26. The van der Waals surface area contributed by atoms with Gasteiger partial charge in [-0.1, -0.05) is 0 Å². The van der Waals surface area contributed by atoms with Gasteiger partial charge in [-0.3, -0.25) is 0 Å². The number of amides is 2. The van der Waals surface area contributed by atoms with Crippen molar-refractivity contribution in [2.24, 2.45) is 0 Å². The Hall–Kier alpha value is -1.78. The molecule has 1 aliphatic heterocycles. The summed E-state index contributed by atoms with van der Waals surface area (Å²) in [4.78, 5) is 16.0. The topological polar surface area (TPSA) is 32.8 Å². The highest BCUT2D eigenvalue weighted by atomic mass is 19.1. The van der Waals surface area contributed by atoms with Crippen LogP contribution >= 0.6 is 0 Å². The second-order valence-corrected chi connectivity index (χ2v) is 5.21. The average molecular weight is 294 g/mol. The molecule has 0 unspecified atom stereocenters. The maximum atomic E-state index is 12.8. The molecule has 2 amide bonds. The number of hydrogen-bond acceptors (Lipinski definition) is 2. The van der Waals surface area contributed by atoms with Crippen molar-refractivity contribution in [3.8, 4) is 5.75 Å². The summed E-state index contributed by atoms with van der Waals surface area (Å²) >= 11 is 0. The van der Waals surface area contributed by atoms with Gasteiger partial charge < -0.3 is 14.5 Å². The van der Waals surface area contributed by atoms with Crippen LogP contribution in [0.5, 0.6) is 5.75 Å². The number of urea groups is 1. The quantitative estimate of drug-likeness (QED) is 0.854. The molecule has 0 aliphatic carbocycles. The summed E-state index contributed by atoms with van der Waals surface area (Å²) < 4.78 is 18.7. The highest BCUT2D eigenvalue weighted by molar-refractivity contribution is 5.74. The molecule has 0 atom stereocenters. The third-order valence-corrected chi connectivity index (χ3v) is 3.86. The summed E-state index contributed by atoms with van der Waals surface area (Å²) in [6, 6.07) is 6.19. The highest BCUT2D eigenvalue weighted by Crippen LogP contribution is 2.20. The molecule has 1 aromatic rings. The summed E-state index contributed by atoms with van der Waals surface area (Å²) in [5, 5.41) is 0. The zero-order valence-corrected chi connectivity index (χ0v) is 12.7. The second-order valence-electron chi connectivity index (χ2n) is 5.21. The van der Waals surface area contributed by atoms with Gasteiger partial charge in [0.25, 0.3) is 0 Å². The standard InChI is InChI=1S/C16H23FN2O2/c1-3-18(4-2)16(20)19-11-9-15(10-12-19)21-14-7-5-13(17)6-8-14/h5-8,15H,3-4,9-12H2,1-2H3. The van der Waals surface area contributed by atoms with Gasteiger partial charge in [0.2, 0.25) is 0 Å². The lowest BCUT2D eigenvalue weighted by atomic mass is 10.1. The number of halogens is 1. The molecule has 116 valence electrons. The predicted octanol–water partition coefficient (Wildman–Crippen LogP) is 3.13. The molecule has 1 saturated heterocycles. The molecular weight excluding hydrogens is 271 g/mol. The maximum absolute atomic E-state index is 12.8. The van der Waals surface area contributed by atoms with Crippen LogP contribution in [0.1, 0.15) is 26.7 Å². The van der Waals surface area contributed by atoms with Crippen molar-refractivity contribution in [3.05, 3.63) is 30.1 Å². The smallest absolute Gasteiger partial charge is 0.319 e. The molecule has 1 heterocycles.